The van der Waals surface area contributed by atoms with Crippen molar-refractivity contribution >= 4 is 0 Å². The molecule has 0 amide bonds. The minimum absolute atomic E-state index is 0.474. The molecule has 31 heavy (non-hydrogen) atoms. The first-order chi connectivity index (χ1) is 14.5. The van der Waals surface area contributed by atoms with Crippen LogP contribution in [0.25, 0.3) is 0 Å². The maximum absolute atomic E-state index is 2.77. The smallest absolute Gasteiger partial charge is 0.0166 e. The second-order valence-corrected chi connectivity index (χ2v) is 14.7. The van der Waals surface area contributed by atoms with E-state index in [2.05, 4.69) is 67.5 Å². The molecule has 0 bridgehead atoms. The third-order valence-electron chi connectivity index (χ3n) is 11.6. The Morgan fingerprint density at radius 2 is 1.52 bits per heavy atom. The molecule has 0 aliphatic heterocycles. The summed E-state index contributed by atoms with van der Waals surface area (Å²) in [4.78, 5) is 0. The largest absolute Gasteiger partial charge is 0.0846 e. The summed E-state index contributed by atoms with van der Waals surface area (Å²) in [5, 5.41) is 0. The van der Waals surface area contributed by atoms with E-state index in [1.165, 1.54) is 64.2 Å². The Labute approximate surface area is 195 Å². The molecule has 0 spiro atoms. The highest BCUT2D eigenvalue weighted by atomic mass is 14.6. The Kier molecular flexibility index (Phi) is 6.55. The molecular formula is C31H54. The van der Waals surface area contributed by atoms with Gasteiger partial charge in [0.15, 0.2) is 0 Å². The van der Waals surface area contributed by atoms with E-state index in [0.29, 0.717) is 16.2 Å². The van der Waals surface area contributed by atoms with Crippen LogP contribution in [0.2, 0.25) is 0 Å². The Morgan fingerprint density at radius 1 is 0.839 bits per heavy atom. The molecule has 4 rings (SSSR count). The van der Waals surface area contributed by atoms with Gasteiger partial charge in [-0.2, -0.15) is 0 Å². The van der Waals surface area contributed by atoms with Gasteiger partial charge in [-0.05, 0) is 109 Å². The minimum atomic E-state index is 0.474. The number of fused-ring (bicyclic) bond motifs is 5. The molecule has 0 aromatic rings. The summed E-state index contributed by atoms with van der Waals surface area (Å²) in [5.74, 6) is 7.29. The van der Waals surface area contributed by atoms with Crippen molar-refractivity contribution in [1.29, 1.82) is 0 Å². The molecular weight excluding hydrogens is 372 g/mol. The van der Waals surface area contributed by atoms with Gasteiger partial charge in [-0.3, -0.25) is 0 Å². The van der Waals surface area contributed by atoms with Gasteiger partial charge in [0.05, 0.1) is 0 Å². The maximum Gasteiger partial charge on any atom is -0.0166 e. The van der Waals surface area contributed by atoms with Gasteiger partial charge in [0.2, 0.25) is 0 Å². The average molecular weight is 427 g/mol. The van der Waals surface area contributed by atoms with Crippen LogP contribution in [0.5, 0.6) is 0 Å². The zero-order valence-corrected chi connectivity index (χ0v) is 22.3. The lowest BCUT2D eigenvalue weighted by Crippen LogP contribution is -2.52. The van der Waals surface area contributed by atoms with Crippen molar-refractivity contribution in [2.75, 3.05) is 0 Å². The molecule has 4 aliphatic carbocycles. The standard InChI is InChI=1S/C31H54/c1-21(2)10-9-11-22(3)26-14-15-27-25-13-12-24-20-23(29(4,5)6)16-18-30(24,7)28(25)17-19-31(26,27)8/h12-13,21-28H,9-11,14-20H2,1-8H3. The first-order valence-corrected chi connectivity index (χ1v) is 14.1. The van der Waals surface area contributed by atoms with Gasteiger partial charge in [0, 0.05) is 0 Å². The van der Waals surface area contributed by atoms with Crippen LogP contribution in [0.3, 0.4) is 0 Å². The van der Waals surface area contributed by atoms with Crippen LogP contribution in [0.15, 0.2) is 12.2 Å². The van der Waals surface area contributed by atoms with Gasteiger partial charge in [-0.25, -0.2) is 0 Å². The fourth-order valence-electron chi connectivity index (χ4n) is 9.43. The number of hydrogen-bond donors (Lipinski definition) is 0. The molecule has 0 nitrogen and oxygen atoms in total. The van der Waals surface area contributed by atoms with E-state index >= 15 is 0 Å². The SMILES string of the molecule is CC(C)CCCC(C)C1CCC2C3C=CC4CC(C(C)(C)C)CCC4(C)C3CCC12C. The Hall–Kier alpha value is -0.260. The van der Waals surface area contributed by atoms with E-state index < -0.39 is 0 Å². The maximum atomic E-state index is 2.77. The molecule has 0 N–H and O–H groups in total. The second kappa shape index (κ2) is 8.51. The summed E-state index contributed by atoms with van der Waals surface area (Å²) < 4.78 is 0. The van der Waals surface area contributed by atoms with Crippen molar-refractivity contribution in [3.05, 3.63) is 12.2 Å². The molecule has 9 unspecified atom stereocenters. The zero-order valence-electron chi connectivity index (χ0n) is 22.3. The van der Waals surface area contributed by atoms with E-state index in [1.54, 1.807) is 0 Å². The van der Waals surface area contributed by atoms with Gasteiger partial charge >= 0.3 is 0 Å². The van der Waals surface area contributed by atoms with Crippen molar-refractivity contribution in [2.24, 2.45) is 63.6 Å². The van der Waals surface area contributed by atoms with Crippen molar-refractivity contribution in [2.45, 2.75) is 120 Å². The number of allylic oxidation sites excluding steroid dienone is 2. The van der Waals surface area contributed by atoms with Crippen molar-refractivity contribution in [3.8, 4) is 0 Å². The van der Waals surface area contributed by atoms with Crippen LogP contribution in [0.4, 0.5) is 0 Å². The highest BCUT2D eigenvalue weighted by molar-refractivity contribution is 5.18. The summed E-state index contributed by atoms with van der Waals surface area (Å²) in [7, 11) is 0. The molecule has 178 valence electrons. The number of rotatable bonds is 5. The molecule has 0 aromatic carbocycles. The van der Waals surface area contributed by atoms with E-state index in [1.807, 2.05) is 0 Å². The predicted octanol–water partition coefficient (Wildman–Crippen LogP) is 9.55. The summed E-state index contributed by atoms with van der Waals surface area (Å²) in [6, 6.07) is 0. The summed E-state index contributed by atoms with van der Waals surface area (Å²) in [6.07, 6.45) is 20.2. The van der Waals surface area contributed by atoms with Crippen molar-refractivity contribution in [1.82, 2.24) is 0 Å². The van der Waals surface area contributed by atoms with Gasteiger partial charge in [-0.1, -0.05) is 86.8 Å². The molecule has 0 radical (unpaired) electrons. The van der Waals surface area contributed by atoms with Gasteiger partial charge in [0.25, 0.3) is 0 Å². The zero-order chi connectivity index (χ0) is 22.6. The minimum Gasteiger partial charge on any atom is -0.0846 e. The first kappa shape index (κ1) is 23.9. The van der Waals surface area contributed by atoms with Crippen LogP contribution >= 0.6 is 0 Å². The summed E-state index contributed by atoms with van der Waals surface area (Å²) in [5.41, 5.74) is 1.65. The molecule has 0 heterocycles. The molecule has 3 fully saturated rings. The third kappa shape index (κ3) is 4.21. The Bertz CT molecular complexity index is 649. The predicted molar refractivity (Wildman–Crippen MR) is 136 cm³/mol. The van der Waals surface area contributed by atoms with Crippen LogP contribution in [-0.2, 0) is 0 Å². The van der Waals surface area contributed by atoms with Crippen LogP contribution in [-0.4, -0.2) is 0 Å². The topological polar surface area (TPSA) is 0 Å². The first-order valence-electron chi connectivity index (χ1n) is 14.1. The van der Waals surface area contributed by atoms with Gasteiger partial charge in [0.1, 0.15) is 0 Å². The molecule has 4 aliphatic rings. The van der Waals surface area contributed by atoms with E-state index in [9.17, 15) is 0 Å². The lowest BCUT2D eigenvalue weighted by atomic mass is 9.45. The van der Waals surface area contributed by atoms with E-state index in [-0.39, 0.29) is 0 Å². The summed E-state index contributed by atoms with van der Waals surface area (Å²) >= 11 is 0. The molecule has 0 saturated heterocycles. The monoisotopic (exact) mass is 426 g/mol. The van der Waals surface area contributed by atoms with Gasteiger partial charge in [-0.15, -0.1) is 0 Å². The normalized spacial score (nSPS) is 45.8. The second-order valence-electron chi connectivity index (χ2n) is 14.7. The summed E-state index contributed by atoms with van der Waals surface area (Å²) in [6.45, 7) is 20.2. The Morgan fingerprint density at radius 3 is 2.19 bits per heavy atom. The van der Waals surface area contributed by atoms with Gasteiger partial charge < -0.3 is 0 Å². The molecule has 9 atom stereocenters. The highest BCUT2D eigenvalue weighted by Crippen LogP contribution is 2.67. The van der Waals surface area contributed by atoms with Crippen LogP contribution in [0.1, 0.15) is 120 Å². The van der Waals surface area contributed by atoms with Crippen LogP contribution in [0, 0.1) is 63.6 Å². The lowest BCUT2D eigenvalue weighted by molar-refractivity contribution is -0.0787. The fourth-order valence-corrected chi connectivity index (χ4v) is 9.43. The average Bonchev–Trinajstić information content (AvgIpc) is 3.03. The lowest BCUT2D eigenvalue weighted by Gasteiger charge is -2.60. The van der Waals surface area contributed by atoms with Crippen LogP contribution < -0.4 is 0 Å². The van der Waals surface area contributed by atoms with Crippen molar-refractivity contribution < 1.29 is 0 Å². The molecule has 0 aromatic heterocycles. The molecule has 3 saturated carbocycles. The fraction of sp³-hybridized carbons (Fsp3) is 0.935. The van der Waals surface area contributed by atoms with E-state index in [0.717, 1.165) is 47.3 Å². The Balaban J connectivity index is 1.49. The van der Waals surface area contributed by atoms with Crippen molar-refractivity contribution in [3.63, 3.8) is 0 Å². The van der Waals surface area contributed by atoms with E-state index in [4.69, 9.17) is 0 Å². The molecule has 0 heteroatoms. The number of hydrogen-bond acceptors (Lipinski definition) is 0. The highest BCUT2D eigenvalue weighted by Gasteiger charge is 2.59. The third-order valence-corrected chi connectivity index (χ3v) is 11.6. The quantitative estimate of drug-likeness (QED) is 0.384.